The fraction of sp³-hybridized carbons (Fsp3) is 0.353. The van der Waals surface area contributed by atoms with Crippen LogP contribution in [0.1, 0.15) is 29.4 Å². The Hall–Kier alpha value is -1.90. The monoisotopic (exact) mass is 380 g/mol. The number of nitrogens with one attached hydrogen (secondary N) is 1. The maximum absolute atomic E-state index is 12.7. The zero-order valence-electron chi connectivity index (χ0n) is 13.8. The number of piperidine rings is 1. The van der Waals surface area contributed by atoms with Gasteiger partial charge in [-0.2, -0.15) is 4.31 Å². The van der Waals surface area contributed by atoms with E-state index in [0.29, 0.717) is 29.6 Å². The van der Waals surface area contributed by atoms with Crippen molar-refractivity contribution in [3.8, 4) is 5.75 Å². The molecule has 3 rings (SSSR count). The number of hydrogen-bond donors (Lipinski definition) is 2. The van der Waals surface area contributed by atoms with Gasteiger partial charge in [0, 0.05) is 30.2 Å². The average molecular weight is 380 g/mol. The van der Waals surface area contributed by atoms with E-state index in [4.69, 9.17) is 0 Å². The summed E-state index contributed by atoms with van der Waals surface area (Å²) >= 11 is 1.09. The fourth-order valence-corrected chi connectivity index (χ4v) is 5.62. The number of thiophene rings is 1. The van der Waals surface area contributed by atoms with Crippen molar-refractivity contribution in [1.29, 1.82) is 0 Å². The molecule has 0 spiro atoms. The Balaban J connectivity index is 1.76. The van der Waals surface area contributed by atoms with Crippen LogP contribution in [0.2, 0.25) is 0 Å². The topological polar surface area (TPSA) is 86.7 Å². The Morgan fingerprint density at radius 1 is 1.36 bits per heavy atom. The lowest BCUT2D eigenvalue weighted by Crippen LogP contribution is -2.38. The molecule has 1 aromatic carbocycles. The first-order chi connectivity index (χ1) is 11.9. The second-order valence-corrected chi connectivity index (χ2v) is 9.11. The van der Waals surface area contributed by atoms with Crippen molar-refractivity contribution < 1.29 is 18.3 Å². The largest absolute Gasteiger partial charge is 0.508 e. The molecule has 1 amide bonds. The molecule has 2 N–H and O–H groups in total. The molecule has 0 aliphatic carbocycles. The number of rotatable bonds is 4. The van der Waals surface area contributed by atoms with Gasteiger partial charge in [0.2, 0.25) is 10.0 Å². The summed E-state index contributed by atoms with van der Waals surface area (Å²) < 4.78 is 27.0. The van der Waals surface area contributed by atoms with Gasteiger partial charge in [-0.25, -0.2) is 8.42 Å². The highest BCUT2D eigenvalue weighted by Gasteiger charge is 2.30. The van der Waals surface area contributed by atoms with Crippen LogP contribution in [0.3, 0.4) is 0 Å². The highest BCUT2D eigenvalue weighted by molar-refractivity contribution is 7.89. The minimum Gasteiger partial charge on any atom is -0.508 e. The van der Waals surface area contributed by atoms with Crippen LogP contribution < -0.4 is 5.32 Å². The molecule has 1 aliphatic heterocycles. The summed E-state index contributed by atoms with van der Waals surface area (Å²) in [5.74, 6) is -0.00813. The molecule has 0 radical (unpaired) electrons. The lowest BCUT2D eigenvalue weighted by atomic mass is 10.0. The molecule has 0 saturated carbocycles. The number of sulfonamides is 1. The van der Waals surface area contributed by atoms with Crippen LogP contribution in [0.5, 0.6) is 5.75 Å². The molecule has 8 heteroatoms. The summed E-state index contributed by atoms with van der Waals surface area (Å²) in [5.41, 5.74) is 0.452. The highest BCUT2D eigenvalue weighted by Crippen LogP contribution is 2.27. The molecule has 2 aromatic rings. The number of aromatic hydroxyl groups is 1. The van der Waals surface area contributed by atoms with Crippen LogP contribution >= 0.6 is 11.3 Å². The lowest BCUT2D eigenvalue weighted by Gasteiger charge is -2.29. The number of carbonyl (C=O) groups excluding carboxylic acids is 1. The summed E-state index contributed by atoms with van der Waals surface area (Å²) in [6, 6.07) is 7.62. The number of nitrogens with zero attached hydrogens (tertiary/aromatic N) is 1. The highest BCUT2D eigenvalue weighted by atomic mass is 32.2. The summed E-state index contributed by atoms with van der Waals surface area (Å²) in [6.07, 6.45) is 1.89. The molecule has 1 fully saturated rings. The van der Waals surface area contributed by atoms with E-state index in [0.717, 1.165) is 24.2 Å². The molecule has 0 unspecified atom stereocenters. The van der Waals surface area contributed by atoms with Gasteiger partial charge >= 0.3 is 0 Å². The molecule has 1 saturated heterocycles. The molecule has 134 valence electrons. The molecule has 1 atom stereocenters. The number of hydrogen-bond acceptors (Lipinski definition) is 5. The van der Waals surface area contributed by atoms with E-state index in [9.17, 15) is 18.3 Å². The number of phenolic OH excluding ortho intramolecular Hbond substituents is 1. The lowest BCUT2D eigenvalue weighted by molar-refractivity contribution is 0.103. The van der Waals surface area contributed by atoms with Gasteiger partial charge in [-0.3, -0.25) is 4.79 Å². The van der Waals surface area contributed by atoms with Gasteiger partial charge in [-0.15, -0.1) is 11.3 Å². The van der Waals surface area contributed by atoms with Crippen molar-refractivity contribution in [2.24, 2.45) is 5.92 Å². The molecule has 0 bridgehead atoms. The van der Waals surface area contributed by atoms with E-state index >= 15 is 0 Å². The molecular weight excluding hydrogens is 360 g/mol. The number of amides is 1. The minimum absolute atomic E-state index is 0.0477. The molecule has 25 heavy (non-hydrogen) atoms. The Morgan fingerprint density at radius 2 is 2.16 bits per heavy atom. The van der Waals surface area contributed by atoms with Gasteiger partial charge in [-0.05, 0) is 37.0 Å². The number of benzene rings is 1. The number of phenols is 1. The van der Waals surface area contributed by atoms with Gasteiger partial charge in [0.05, 0.1) is 9.77 Å². The predicted octanol–water partition coefficient (Wildman–Crippen LogP) is 3.13. The van der Waals surface area contributed by atoms with E-state index in [1.54, 1.807) is 12.1 Å². The van der Waals surface area contributed by atoms with Crippen LogP contribution in [0.25, 0.3) is 0 Å². The summed E-state index contributed by atoms with van der Waals surface area (Å²) in [4.78, 5) is 12.8. The van der Waals surface area contributed by atoms with Crippen LogP contribution in [0.15, 0.2) is 40.6 Å². The van der Waals surface area contributed by atoms with Crippen molar-refractivity contribution in [1.82, 2.24) is 4.31 Å². The average Bonchev–Trinajstić information content (AvgIpc) is 3.06. The predicted molar refractivity (Wildman–Crippen MR) is 97.5 cm³/mol. The van der Waals surface area contributed by atoms with Crippen LogP contribution in [0, 0.1) is 5.92 Å². The summed E-state index contributed by atoms with van der Waals surface area (Å²) in [5, 5.41) is 13.6. The van der Waals surface area contributed by atoms with Crippen molar-refractivity contribution in [2.75, 3.05) is 18.4 Å². The van der Waals surface area contributed by atoms with E-state index < -0.39 is 15.9 Å². The van der Waals surface area contributed by atoms with Crippen molar-refractivity contribution in [3.05, 3.63) is 40.6 Å². The van der Waals surface area contributed by atoms with Crippen molar-refractivity contribution in [3.63, 3.8) is 0 Å². The molecule has 1 aliphatic rings. The summed E-state index contributed by atoms with van der Waals surface area (Å²) in [6.45, 7) is 3.08. The first kappa shape index (κ1) is 17.9. The normalized spacial score (nSPS) is 18.8. The van der Waals surface area contributed by atoms with Crippen molar-refractivity contribution in [2.45, 2.75) is 24.7 Å². The van der Waals surface area contributed by atoms with Crippen molar-refractivity contribution >= 4 is 33.0 Å². The summed E-state index contributed by atoms with van der Waals surface area (Å²) in [7, 11) is -3.56. The second kappa shape index (κ2) is 7.15. The standard InChI is InChI=1S/C17H20N2O4S2/c1-12-4-3-7-19(10-12)25(22,23)15-9-16(24-11-15)17(21)18-13-5-2-6-14(20)8-13/h2,5-6,8-9,11-12,20H,3-4,7,10H2,1H3,(H,18,21)/t12-/m1/s1. The van der Waals surface area contributed by atoms with E-state index in [-0.39, 0.29) is 10.6 Å². The van der Waals surface area contributed by atoms with Crippen LogP contribution in [-0.2, 0) is 10.0 Å². The van der Waals surface area contributed by atoms with E-state index in [1.165, 1.54) is 27.9 Å². The van der Waals surface area contributed by atoms with E-state index in [2.05, 4.69) is 5.32 Å². The first-order valence-corrected chi connectivity index (χ1v) is 10.4. The number of carbonyl (C=O) groups is 1. The Bertz CT molecular complexity index is 876. The first-order valence-electron chi connectivity index (χ1n) is 8.05. The Kier molecular flexibility index (Phi) is 5.12. The van der Waals surface area contributed by atoms with Gasteiger partial charge in [0.1, 0.15) is 5.75 Å². The quantitative estimate of drug-likeness (QED) is 0.853. The maximum atomic E-state index is 12.7. The Labute approximate surface area is 151 Å². The van der Waals surface area contributed by atoms with Gasteiger partial charge < -0.3 is 10.4 Å². The Morgan fingerprint density at radius 3 is 2.88 bits per heavy atom. The zero-order chi connectivity index (χ0) is 18.0. The SMILES string of the molecule is C[C@@H]1CCCN(S(=O)(=O)c2csc(C(=O)Nc3cccc(O)c3)c2)C1. The minimum atomic E-state index is -3.56. The van der Waals surface area contributed by atoms with Gasteiger partial charge in [-0.1, -0.05) is 13.0 Å². The molecular formula is C17H20N2O4S2. The van der Waals surface area contributed by atoms with Crippen LogP contribution in [-0.4, -0.2) is 36.8 Å². The van der Waals surface area contributed by atoms with E-state index in [1.807, 2.05) is 6.92 Å². The zero-order valence-corrected chi connectivity index (χ0v) is 15.4. The molecule has 6 nitrogen and oxygen atoms in total. The van der Waals surface area contributed by atoms with Gasteiger partial charge in [0.25, 0.3) is 5.91 Å². The smallest absolute Gasteiger partial charge is 0.265 e. The molecule has 2 heterocycles. The third kappa shape index (κ3) is 4.02. The third-order valence-corrected chi connectivity index (χ3v) is 7.08. The molecule has 1 aromatic heterocycles. The fourth-order valence-electron chi connectivity index (χ4n) is 2.86. The van der Waals surface area contributed by atoms with Gasteiger partial charge in [0.15, 0.2) is 0 Å². The second-order valence-electron chi connectivity index (χ2n) is 6.26. The van der Waals surface area contributed by atoms with Crippen LogP contribution in [0.4, 0.5) is 5.69 Å². The maximum Gasteiger partial charge on any atom is 0.265 e. The third-order valence-electron chi connectivity index (χ3n) is 4.16. The number of anilines is 1.